The topological polar surface area (TPSA) is 102 Å². The molecule has 1 saturated heterocycles. The third-order valence-electron chi connectivity index (χ3n) is 4.28. The number of anilines is 1. The molecule has 26 heavy (non-hydrogen) atoms. The molecular formula is C16H23N5O4S. The highest BCUT2D eigenvalue weighted by molar-refractivity contribution is 7.89. The van der Waals surface area contributed by atoms with Gasteiger partial charge in [-0.1, -0.05) is 5.16 Å². The fourth-order valence-corrected chi connectivity index (χ4v) is 4.78. The Balaban J connectivity index is 1.73. The SMILES string of the molecule is Cc1noc(C)c1S(=O)(=O)N1CCCC(Oc2ccc(N(C)C)nn2)C1. The van der Waals surface area contributed by atoms with E-state index < -0.39 is 10.0 Å². The number of hydrogen-bond donors (Lipinski definition) is 0. The van der Waals surface area contributed by atoms with Gasteiger partial charge in [0.25, 0.3) is 0 Å². The first-order chi connectivity index (χ1) is 12.3. The molecule has 3 rings (SSSR count). The average Bonchev–Trinajstić information content (AvgIpc) is 2.95. The van der Waals surface area contributed by atoms with E-state index in [-0.39, 0.29) is 17.5 Å². The van der Waals surface area contributed by atoms with Crippen LogP contribution in [0.3, 0.4) is 0 Å². The van der Waals surface area contributed by atoms with Gasteiger partial charge in [-0.25, -0.2) is 8.42 Å². The van der Waals surface area contributed by atoms with Gasteiger partial charge in [0.2, 0.25) is 15.9 Å². The van der Waals surface area contributed by atoms with E-state index >= 15 is 0 Å². The van der Waals surface area contributed by atoms with E-state index in [2.05, 4.69) is 15.4 Å². The molecule has 3 heterocycles. The van der Waals surface area contributed by atoms with Gasteiger partial charge in [0.1, 0.15) is 16.7 Å². The van der Waals surface area contributed by atoms with E-state index in [9.17, 15) is 8.42 Å². The van der Waals surface area contributed by atoms with Gasteiger partial charge in [0.05, 0.1) is 6.54 Å². The summed E-state index contributed by atoms with van der Waals surface area (Å²) in [5.74, 6) is 1.41. The van der Waals surface area contributed by atoms with Gasteiger partial charge in [-0.3, -0.25) is 0 Å². The highest BCUT2D eigenvalue weighted by Crippen LogP contribution is 2.27. The van der Waals surface area contributed by atoms with Crippen molar-refractivity contribution >= 4 is 15.8 Å². The first kappa shape index (κ1) is 18.6. The molecule has 0 N–H and O–H groups in total. The van der Waals surface area contributed by atoms with Crippen molar-refractivity contribution in [2.45, 2.75) is 37.7 Å². The Morgan fingerprint density at radius 3 is 2.62 bits per heavy atom. The largest absolute Gasteiger partial charge is 0.472 e. The van der Waals surface area contributed by atoms with Gasteiger partial charge in [-0.15, -0.1) is 10.2 Å². The highest BCUT2D eigenvalue weighted by Gasteiger charge is 2.35. The molecule has 2 aromatic rings. The lowest BCUT2D eigenvalue weighted by Crippen LogP contribution is -2.44. The Bertz CT molecular complexity index is 844. The maximum Gasteiger partial charge on any atom is 0.248 e. The van der Waals surface area contributed by atoms with Crippen molar-refractivity contribution in [1.82, 2.24) is 19.7 Å². The fraction of sp³-hybridized carbons (Fsp3) is 0.562. The molecule has 2 aromatic heterocycles. The predicted molar refractivity (Wildman–Crippen MR) is 94.7 cm³/mol. The van der Waals surface area contributed by atoms with Crippen LogP contribution < -0.4 is 9.64 Å². The molecule has 0 aromatic carbocycles. The summed E-state index contributed by atoms with van der Waals surface area (Å²) in [5, 5.41) is 11.9. The van der Waals surface area contributed by atoms with Gasteiger partial charge < -0.3 is 14.2 Å². The number of nitrogens with zero attached hydrogens (tertiary/aromatic N) is 5. The molecular weight excluding hydrogens is 358 g/mol. The summed E-state index contributed by atoms with van der Waals surface area (Å²) in [6.07, 6.45) is 1.18. The van der Waals surface area contributed by atoms with Crippen molar-refractivity contribution in [3.05, 3.63) is 23.6 Å². The molecule has 10 heteroatoms. The maximum absolute atomic E-state index is 12.9. The Kier molecular flexibility index (Phi) is 5.15. The number of aryl methyl sites for hydroxylation is 2. The molecule has 0 spiro atoms. The lowest BCUT2D eigenvalue weighted by Gasteiger charge is -2.31. The molecule has 0 bridgehead atoms. The summed E-state index contributed by atoms with van der Waals surface area (Å²) in [7, 11) is 0.0874. The van der Waals surface area contributed by atoms with E-state index in [0.29, 0.717) is 30.3 Å². The zero-order chi connectivity index (χ0) is 18.9. The number of hydrogen-bond acceptors (Lipinski definition) is 8. The lowest BCUT2D eigenvalue weighted by atomic mass is 10.1. The molecule has 1 fully saturated rings. The van der Waals surface area contributed by atoms with Crippen LogP contribution in [0.4, 0.5) is 5.82 Å². The minimum atomic E-state index is -3.67. The molecule has 1 atom stereocenters. The maximum atomic E-state index is 12.9. The van der Waals surface area contributed by atoms with Gasteiger partial charge >= 0.3 is 0 Å². The van der Waals surface area contributed by atoms with Gasteiger partial charge in [0, 0.05) is 26.7 Å². The van der Waals surface area contributed by atoms with Crippen molar-refractivity contribution in [2.75, 3.05) is 32.1 Å². The first-order valence-corrected chi connectivity index (χ1v) is 9.84. The molecule has 0 aliphatic carbocycles. The second-order valence-electron chi connectivity index (χ2n) is 6.52. The minimum absolute atomic E-state index is 0.147. The van der Waals surface area contributed by atoms with Crippen LogP contribution in [-0.4, -0.2) is 61.4 Å². The molecule has 1 aliphatic rings. The number of ether oxygens (including phenoxy) is 1. The van der Waals surface area contributed by atoms with Crippen molar-refractivity contribution in [3.63, 3.8) is 0 Å². The van der Waals surface area contributed by atoms with Crippen LogP contribution in [-0.2, 0) is 10.0 Å². The number of rotatable bonds is 5. The normalized spacial score (nSPS) is 18.7. The van der Waals surface area contributed by atoms with Crippen molar-refractivity contribution in [3.8, 4) is 5.88 Å². The molecule has 0 saturated carbocycles. The number of piperidine rings is 1. The lowest BCUT2D eigenvalue weighted by molar-refractivity contribution is 0.123. The van der Waals surface area contributed by atoms with Crippen LogP contribution in [0, 0.1) is 13.8 Å². The van der Waals surface area contributed by atoms with E-state index in [0.717, 1.165) is 12.2 Å². The summed E-state index contributed by atoms with van der Waals surface area (Å²) in [4.78, 5) is 1.99. The van der Waals surface area contributed by atoms with E-state index in [1.807, 2.05) is 25.1 Å². The molecule has 1 aliphatic heterocycles. The summed E-state index contributed by atoms with van der Waals surface area (Å²) < 4.78 is 38.2. The molecule has 0 radical (unpaired) electrons. The third-order valence-corrected chi connectivity index (χ3v) is 6.39. The zero-order valence-electron chi connectivity index (χ0n) is 15.3. The van der Waals surface area contributed by atoms with Gasteiger partial charge in [-0.2, -0.15) is 4.31 Å². The van der Waals surface area contributed by atoms with Crippen molar-refractivity contribution in [1.29, 1.82) is 0 Å². The molecule has 9 nitrogen and oxygen atoms in total. The predicted octanol–water partition coefficient (Wildman–Crippen LogP) is 1.38. The second kappa shape index (κ2) is 7.20. The molecule has 0 amide bonds. The third kappa shape index (κ3) is 3.65. The Morgan fingerprint density at radius 1 is 1.27 bits per heavy atom. The zero-order valence-corrected chi connectivity index (χ0v) is 16.2. The monoisotopic (exact) mass is 381 g/mol. The first-order valence-electron chi connectivity index (χ1n) is 8.40. The standard InChI is InChI=1S/C16H23N5O4S/c1-11-16(12(2)25-19-11)26(22,23)21-9-5-6-13(10-21)24-15-8-7-14(17-18-15)20(3)4/h7-8,13H,5-6,9-10H2,1-4H3. The van der Waals surface area contributed by atoms with Crippen LogP contribution in [0.2, 0.25) is 0 Å². The van der Waals surface area contributed by atoms with Crippen LogP contribution in [0.25, 0.3) is 0 Å². The van der Waals surface area contributed by atoms with Crippen LogP contribution in [0.5, 0.6) is 5.88 Å². The van der Waals surface area contributed by atoms with Gasteiger partial charge in [-0.05, 0) is 32.8 Å². The fourth-order valence-electron chi connectivity index (χ4n) is 2.98. The molecule has 142 valence electrons. The number of aromatic nitrogens is 3. The van der Waals surface area contributed by atoms with Crippen LogP contribution in [0.1, 0.15) is 24.3 Å². The number of sulfonamides is 1. The second-order valence-corrected chi connectivity index (χ2v) is 8.40. The van der Waals surface area contributed by atoms with E-state index in [4.69, 9.17) is 9.26 Å². The summed E-state index contributed by atoms with van der Waals surface area (Å²) >= 11 is 0. The Labute approximate surface area is 153 Å². The average molecular weight is 381 g/mol. The highest BCUT2D eigenvalue weighted by atomic mass is 32.2. The Hall–Kier alpha value is -2.20. The quantitative estimate of drug-likeness (QED) is 0.765. The van der Waals surface area contributed by atoms with E-state index in [1.54, 1.807) is 19.9 Å². The van der Waals surface area contributed by atoms with Gasteiger partial charge in [0.15, 0.2) is 11.6 Å². The van der Waals surface area contributed by atoms with Crippen LogP contribution in [0.15, 0.2) is 21.6 Å². The van der Waals surface area contributed by atoms with Crippen LogP contribution >= 0.6 is 0 Å². The Morgan fingerprint density at radius 2 is 2.04 bits per heavy atom. The minimum Gasteiger partial charge on any atom is -0.472 e. The smallest absolute Gasteiger partial charge is 0.248 e. The summed E-state index contributed by atoms with van der Waals surface area (Å²) in [6, 6.07) is 3.55. The van der Waals surface area contributed by atoms with Crippen molar-refractivity contribution in [2.24, 2.45) is 0 Å². The summed E-state index contributed by atoms with van der Waals surface area (Å²) in [6.45, 7) is 3.93. The van der Waals surface area contributed by atoms with Crippen molar-refractivity contribution < 1.29 is 17.7 Å². The molecule has 1 unspecified atom stereocenters. The summed E-state index contributed by atoms with van der Waals surface area (Å²) in [5.41, 5.74) is 0.371. The van der Waals surface area contributed by atoms with E-state index in [1.165, 1.54) is 4.31 Å².